The molecule has 6 nitrogen and oxygen atoms in total. The number of urea groups is 1. The molecule has 0 bridgehead atoms. The fourth-order valence-corrected chi connectivity index (χ4v) is 2.86. The summed E-state index contributed by atoms with van der Waals surface area (Å²) in [5.74, 6) is 1.54. The Morgan fingerprint density at radius 2 is 2.04 bits per heavy atom. The van der Waals surface area contributed by atoms with Crippen LogP contribution >= 0.6 is 0 Å². The van der Waals surface area contributed by atoms with Gasteiger partial charge in [-0.1, -0.05) is 19.9 Å². The highest BCUT2D eigenvalue weighted by atomic mass is 16.3. The van der Waals surface area contributed by atoms with E-state index < -0.39 is 5.60 Å². The molecule has 1 aromatic rings. The SMILES string of the molecule is CC(C)CCC(C)(O)CNC(=O)NCc1ccc(N2CCCC2)nc1. The minimum absolute atomic E-state index is 0.248. The first-order chi connectivity index (χ1) is 11.9. The van der Waals surface area contributed by atoms with Gasteiger partial charge in [0.25, 0.3) is 0 Å². The maximum absolute atomic E-state index is 11.9. The molecular formula is C19H32N4O2. The first-order valence-corrected chi connectivity index (χ1v) is 9.30. The summed E-state index contributed by atoms with van der Waals surface area (Å²) in [4.78, 5) is 18.7. The molecule has 2 amide bonds. The van der Waals surface area contributed by atoms with Gasteiger partial charge in [0, 0.05) is 32.4 Å². The van der Waals surface area contributed by atoms with Gasteiger partial charge in [0.15, 0.2) is 0 Å². The summed E-state index contributed by atoms with van der Waals surface area (Å²) in [6.45, 7) is 8.83. The number of nitrogens with zero attached hydrogens (tertiary/aromatic N) is 2. The lowest BCUT2D eigenvalue weighted by Gasteiger charge is -2.24. The summed E-state index contributed by atoms with van der Waals surface area (Å²) in [6, 6.07) is 3.74. The van der Waals surface area contributed by atoms with E-state index in [-0.39, 0.29) is 12.6 Å². The second kappa shape index (κ2) is 9.04. The minimum Gasteiger partial charge on any atom is -0.388 e. The van der Waals surface area contributed by atoms with Crippen LogP contribution in [0.1, 0.15) is 52.0 Å². The van der Waals surface area contributed by atoms with E-state index in [1.165, 1.54) is 12.8 Å². The maximum Gasteiger partial charge on any atom is 0.315 e. The first-order valence-electron chi connectivity index (χ1n) is 9.30. The van der Waals surface area contributed by atoms with Crippen molar-refractivity contribution in [3.8, 4) is 0 Å². The summed E-state index contributed by atoms with van der Waals surface area (Å²) in [5, 5.41) is 15.8. The molecule has 1 aliphatic rings. The lowest BCUT2D eigenvalue weighted by Crippen LogP contribution is -2.44. The number of hydrogen-bond donors (Lipinski definition) is 3. The fraction of sp³-hybridized carbons (Fsp3) is 0.684. The van der Waals surface area contributed by atoms with Gasteiger partial charge in [-0.2, -0.15) is 0 Å². The van der Waals surface area contributed by atoms with Gasteiger partial charge in [-0.3, -0.25) is 0 Å². The molecule has 6 heteroatoms. The van der Waals surface area contributed by atoms with Crippen LogP contribution in [-0.2, 0) is 6.54 Å². The van der Waals surface area contributed by atoms with Crippen molar-refractivity contribution in [1.29, 1.82) is 0 Å². The highest BCUT2D eigenvalue weighted by molar-refractivity contribution is 5.73. The Balaban J connectivity index is 1.70. The molecule has 3 N–H and O–H groups in total. The zero-order chi connectivity index (χ0) is 18.3. The number of aromatic nitrogens is 1. The number of rotatable bonds is 8. The average Bonchev–Trinajstić information content (AvgIpc) is 3.12. The van der Waals surface area contributed by atoms with Crippen molar-refractivity contribution in [2.45, 2.75) is 58.6 Å². The van der Waals surface area contributed by atoms with Gasteiger partial charge in [-0.15, -0.1) is 0 Å². The molecule has 1 aromatic heterocycles. The number of hydrogen-bond acceptors (Lipinski definition) is 4. The van der Waals surface area contributed by atoms with Crippen LogP contribution in [0.5, 0.6) is 0 Å². The van der Waals surface area contributed by atoms with Crippen LogP contribution in [0.3, 0.4) is 0 Å². The summed E-state index contributed by atoms with van der Waals surface area (Å²) in [5.41, 5.74) is 0.0882. The maximum atomic E-state index is 11.9. The Morgan fingerprint density at radius 3 is 2.64 bits per heavy atom. The smallest absolute Gasteiger partial charge is 0.315 e. The van der Waals surface area contributed by atoms with E-state index in [4.69, 9.17) is 0 Å². The van der Waals surface area contributed by atoms with Gasteiger partial charge in [0.2, 0.25) is 0 Å². The third kappa shape index (κ3) is 6.90. The highest BCUT2D eigenvalue weighted by Gasteiger charge is 2.21. The standard InChI is InChI=1S/C19H32N4O2/c1-15(2)8-9-19(3,25)14-22-18(24)21-13-16-6-7-17(20-12-16)23-10-4-5-11-23/h6-7,12,15,25H,4-5,8-11,13-14H2,1-3H3,(H2,21,22,24). The van der Waals surface area contributed by atoms with Crippen molar-refractivity contribution < 1.29 is 9.90 Å². The van der Waals surface area contributed by atoms with Crippen LogP contribution in [0.4, 0.5) is 10.6 Å². The molecule has 140 valence electrons. The third-order valence-electron chi connectivity index (χ3n) is 4.58. The van der Waals surface area contributed by atoms with E-state index in [0.717, 1.165) is 30.9 Å². The zero-order valence-corrected chi connectivity index (χ0v) is 15.7. The Kier molecular flexibility index (Phi) is 7.05. The molecule has 1 unspecified atom stereocenters. The lowest BCUT2D eigenvalue weighted by atomic mass is 9.95. The van der Waals surface area contributed by atoms with Gasteiger partial charge in [-0.25, -0.2) is 9.78 Å². The minimum atomic E-state index is -0.874. The molecule has 2 heterocycles. The van der Waals surface area contributed by atoms with E-state index in [2.05, 4.69) is 34.4 Å². The van der Waals surface area contributed by atoms with Gasteiger partial charge < -0.3 is 20.6 Å². The Bertz CT molecular complexity index is 537. The summed E-state index contributed by atoms with van der Waals surface area (Å²) in [7, 11) is 0. The van der Waals surface area contributed by atoms with E-state index >= 15 is 0 Å². The van der Waals surface area contributed by atoms with Crippen LogP contribution in [0.2, 0.25) is 0 Å². The molecule has 0 aromatic carbocycles. The molecule has 25 heavy (non-hydrogen) atoms. The Hall–Kier alpha value is -1.82. The number of pyridine rings is 1. The summed E-state index contributed by atoms with van der Waals surface area (Å²) in [6.07, 6.45) is 5.88. The van der Waals surface area contributed by atoms with E-state index in [1.807, 2.05) is 18.3 Å². The topological polar surface area (TPSA) is 77.5 Å². The highest BCUT2D eigenvalue weighted by Crippen LogP contribution is 2.17. The molecular weight excluding hydrogens is 316 g/mol. The second-order valence-corrected chi connectivity index (χ2v) is 7.68. The zero-order valence-electron chi connectivity index (χ0n) is 15.7. The molecule has 1 aliphatic heterocycles. The fourth-order valence-electron chi connectivity index (χ4n) is 2.86. The molecule has 0 saturated carbocycles. The number of anilines is 1. The van der Waals surface area contributed by atoms with Crippen LogP contribution < -0.4 is 15.5 Å². The van der Waals surface area contributed by atoms with Crippen molar-refractivity contribution in [2.75, 3.05) is 24.5 Å². The predicted octanol–water partition coefficient (Wildman–Crippen LogP) is 2.67. The molecule has 1 saturated heterocycles. The van der Waals surface area contributed by atoms with Gasteiger partial charge >= 0.3 is 6.03 Å². The molecule has 2 rings (SSSR count). The van der Waals surface area contributed by atoms with Crippen molar-refractivity contribution in [2.24, 2.45) is 5.92 Å². The van der Waals surface area contributed by atoms with Crippen molar-refractivity contribution in [1.82, 2.24) is 15.6 Å². The number of nitrogens with one attached hydrogen (secondary N) is 2. The van der Waals surface area contributed by atoms with Crippen LogP contribution in [-0.4, -0.2) is 41.4 Å². The normalized spacial score (nSPS) is 16.8. The van der Waals surface area contributed by atoms with Gasteiger partial charge in [-0.05, 0) is 50.2 Å². The second-order valence-electron chi connectivity index (χ2n) is 7.68. The van der Waals surface area contributed by atoms with Crippen molar-refractivity contribution in [3.63, 3.8) is 0 Å². The van der Waals surface area contributed by atoms with E-state index in [9.17, 15) is 9.90 Å². The molecule has 0 spiro atoms. The van der Waals surface area contributed by atoms with E-state index in [0.29, 0.717) is 18.9 Å². The quantitative estimate of drug-likeness (QED) is 0.675. The number of carbonyl (C=O) groups is 1. The van der Waals surface area contributed by atoms with Crippen molar-refractivity contribution >= 4 is 11.8 Å². The first kappa shape index (κ1) is 19.5. The van der Waals surface area contributed by atoms with Crippen molar-refractivity contribution in [3.05, 3.63) is 23.9 Å². The number of carbonyl (C=O) groups excluding carboxylic acids is 1. The monoisotopic (exact) mass is 348 g/mol. The third-order valence-corrected chi connectivity index (χ3v) is 4.58. The summed E-state index contributed by atoms with van der Waals surface area (Å²) >= 11 is 0. The van der Waals surface area contributed by atoms with Crippen LogP contribution in [0, 0.1) is 5.92 Å². The van der Waals surface area contributed by atoms with Crippen LogP contribution in [0.15, 0.2) is 18.3 Å². The van der Waals surface area contributed by atoms with Crippen LogP contribution in [0.25, 0.3) is 0 Å². The molecule has 0 aliphatic carbocycles. The van der Waals surface area contributed by atoms with E-state index in [1.54, 1.807) is 6.92 Å². The predicted molar refractivity (Wildman–Crippen MR) is 101 cm³/mol. The molecule has 0 radical (unpaired) electrons. The number of amides is 2. The Morgan fingerprint density at radius 1 is 1.32 bits per heavy atom. The molecule has 1 atom stereocenters. The lowest BCUT2D eigenvalue weighted by molar-refractivity contribution is 0.0476. The number of aliphatic hydroxyl groups is 1. The largest absolute Gasteiger partial charge is 0.388 e. The van der Waals surface area contributed by atoms with Gasteiger partial charge in [0.1, 0.15) is 5.82 Å². The average molecular weight is 348 g/mol. The molecule has 1 fully saturated rings. The van der Waals surface area contributed by atoms with Gasteiger partial charge in [0.05, 0.1) is 5.60 Å². The Labute approximate surface area is 151 Å². The summed E-state index contributed by atoms with van der Waals surface area (Å²) < 4.78 is 0.